The standard InChI is InChI=1S/C7H6ClF2NO/c8-4-1-5(9)7(12)3(2-11)6(4)10/h1,12H,2,11H2. The van der Waals surface area contributed by atoms with Gasteiger partial charge in [0.25, 0.3) is 0 Å². The Kier molecular flexibility index (Phi) is 2.49. The van der Waals surface area contributed by atoms with Crippen molar-refractivity contribution in [2.75, 3.05) is 0 Å². The Morgan fingerprint density at radius 3 is 2.58 bits per heavy atom. The summed E-state index contributed by atoms with van der Waals surface area (Å²) >= 11 is 5.29. The van der Waals surface area contributed by atoms with Crippen LogP contribution in [-0.2, 0) is 6.54 Å². The van der Waals surface area contributed by atoms with Crippen LogP contribution >= 0.6 is 11.6 Å². The van der Waals surface area contributed by atoms with E-state index in [2.05, 4.69) is 0 Å². The maximum Gasteiger partial charge on any atom is 0.166 e. The Balaban J connectivity index is 3.42. The molecule has 2 nitrogen and oxygen atoms in total. The SMILES string of the molecule is NCc1c(O)c(F)cc(Cl)c1F. The molecule has 3 N–H and O–H groups in total. The van der Waals surface area contributed by atoms with Crippen molar-refractivity contribution in [2.24, 2.45) is 5.73 Å². The van der Waals surface area contributed by atoms with E-state index in [1.54, 1.807) is 0 Å². The molecular formula is C7H6ClF2NO. The van der Waals surface area contributed by atoms with Crippen LogP contribution in [0.25, 0.3) is 0 Å². The largest absolute Gasteiger partial charge is 0.505 e. The molecule has 1 rings (SSSR count). The van der Waals surface area contributed by atoms with Gasteiger partial charge in [-0.2, -0.15) is 0 Å². The summed E-state index contributed by atoms with van der Waals surface area (Å²) in [5.41, 5.74) is 4.76. The Morgan fingerprint density at radius 1 is 1.50 bits per heavy atom. The molecule has 0 saturated heterocycles. The number of aromatic hydroxyl groups is 1. The van der Waals surface area contributed by atoms with Crippen LogP contribution in [-0.4, -0.2) is 5.11 Å². The van der Waals surface area contributed by atoms with Crippen molar-refractivity contribution in [3.63, 3.8) is 0 Å². The minimum Gasteiger partial charge on any atom is -0.505 e. The highest BCUT2D eigenvalue weighted by atomic mass is 35.5. The second kappa shape index (κ2) is 3.25. The van der Waals surface area contributed by atoms with Crippen molar-refractivity contribution in [2.45, 2.75) is 6.54 Å². The summed E-state index contributed by atoms with van der Waals surface area (Å²) in [5, 5.41) is 8.57. The first-order chi connectivity index (χ1) is 5.57. The van der Waals surface area contributed by atoms with Crippen LogP contribution in [0.5, 0.6) is 5.75 Å². The van der Waals surface area contributed by atoms with Crippen molar-refractivity contribution in [3.05, 3.63) is 28.3 Å². The van der Waals surface area contributed by atoms with Crippen molar-refractivity contribution < 1.29 is 13.9 Å². The zero-order valence-corrected chi connectivity index (χ0v) is 6.70. The number of hydrogen-bond donors (Lipinski definition) is 2. The number of benzene rings is 1. The number of halogens is 3. The molecule has 1 aromatic carbocycles. The van der Waals surface area contributed by atoms with Gasteiger partial charge >= 0.3 is 0 Å². The fourth-order valence-electron chi connectivity index (χ4n) is 0.822. The lowest BCUT2D eigenvalue weighted by molar-refractivity contribution is 0.418. The van der Waals surface area contributed by atoms with Gasteiger partial charge in [-0.15, -0.1) is 0 Å². The lowest BCUT2D eigenvalue weighted by Crippen LogP contribution is -2.02. The molecule has 0 atom stereocenters. The van der Waals surface area contributed by atoms with Crippen LogP contribution in [0.4, 0.5) is 8.78 Å². The van der Waals surface area contributed by atoms with Crippen molar-refractivity contribution in [1.29, 1.82) is 0 Å². The van der Waals surface area contributed by atoms with E-state index in [1.807, 2.05) is 0 Å². The van der Waals surface area contributed by atoms with Gasteiger partial charge in [0.15, 0.2) is 11.6 Å². The Bertz CT molecular complexity index is 291. The lowest BCUT2D eigenvalue weighted by Gasteiger charge is -2.05. The molecule has 0 aromatic heterocycles. The topological polar surface area (TPSA) is 46.2 Å². The molecule has 5 heteroatoms. The van der Waals surface area contributed by atoms with Gasteiger partial charge in [-0.1, -0.05) is 11.6 Å². The molecule has 0 unspecified atom stereocenters. The third kappa shape index (κ3) is 1.35. The third-order valence-electron chi connectivity index (χ3n) is 1.44. The van der Waals surface area contributed by atoms with Gasteiger partial charge in [-0.25, -0.2) is 8.78 Å². The van der Waals surface area contributed by atoms with E-state index < -0.39 is 17.4 Å². The fourth-order valence-corrected chi connectivity index (χ4v) is 1.03. The summed E-state index contributed by atoms with van der Waals surface area (Å²) in [6.45, 7) is -0.296. The van der Waals surface area contributed by atoms with Crippen molar-refractivity contribution in [1.82, 2.24) is 0 Å². The van der Waals surface area contributed by atoms with E-state index >= 15 is 0 Å². The van der Waals surface area contributed by atoms with E-state index in [9.17, 15) is 8.78 Å². The van der Waals surface area contributed by atoms with Crippen LogP contribution in [0, 0.1) is 11.6 Å². The van der Waals surface area contributed by atoms with Gasteiger partial charge in [0.05, 0.1) is 5.02 Å². The van der Waals surface area contributed by atoms with E-state index in [4.69, 9.17) is 22.4 Å². The van der Waals surface area contributed by atoms with Gasteiger partial charge < -0.3 is 10.8 Å². The maximum atomic E-state index is 12.9. The fraction of sp³-hybridized carbons (Fsp3) is 0.143. The molecule has 0 heterocycles. The van der Waals surface area contributed by atoms with E-state index in [-0.39, 0.29) is 17.1 Å². The van der Waals surface area contributed by atoms with Gasteiger partial charge in [0, 0.05) is 12.1 Å². The quantitative estimate of drug-likeness (QED) is 0.668. The summed E-state index contributed by atoms with van der Waals surface area (Å²) in [7, 11) is 0. The molecule has 0 aliphatic carbocycles. The zero-order valence-electron chi connectivity index (χ0n) is 5.94. The van der Waals surface area contributed by atoms with Crippen LogP contribution in [0.2, 0.25) is 5.02 Å². The maximum absolute atomic E-state index is 12.9. The Labute approximate surface area is 72.6 Å². The van der Waals surface area contributed by atoms with Crippen LogP contribution in [0.3, 0.4) is 0 Å². The summed E-state index contributed by atoms with van der Waals surface area (Å²) in [6, 6.07) is 0.700. The minimum absolute atomic E-state index is 0.296. The summed E-state index contributed by atoms with van der Waals surface area (Å²) in [5.74, 6) is -2.63. The Hall–Kier alpha value is -0.870. The third-order valence-corrected chi connectivity index (χ3v) is 1.72. The zero-order chi connectivity index (χ0) is 9.30. The lowest BCUT2D eigenvalue weighted by atomic mass is 10.2. The highest BCUT2D eigenvalue weighted by molar-refractivity contribution is 6.30. The number of hydrogen-bond acceptors (Lipinski definition) is 2. The summed E-state index contributed by atoms with van der Waals surface area (Å²) in [6.07, 6.45) is 0. The molecule has 0 amide bonds. The molecule has 0 radical (unpaired) electrons. The van der Waals surface area contributed by atoms with E-state index in [1.165, 1.54) is 0 Å². The van der Waals surface area contributed by atoms with Gasteiger partial charge in [-0.05, 0) is 6.07 Å². The number of phenolic OH excluding ortho intramolecular Hbond substituents is 1. The van der Waals surface area contributed by atoms with Gasteiger partial charge in [-0.3, -0.25) is 0 Å². The normalized spacial score (nSPS) is 10.3. The smallest absolute Gasteiger partial charge is 0.166 e. The second-order valence-corrected chi connectivity index (χ2v) is 2.59. The van der Waals surface area contributed by atoms with Crippen molar-refractivity contribution in [3.8, 4) is 5.75 Å². The van der Waals surface area contributed by atoms with Gasteiger partial charge in [0.2, 0.25) is 0 Å². The average Bonchev–Trinajstić information content (AvgIpc) is 2.02. The van der Waals surface area contributed by atoms with Gasteiger partial charge in [0.1, 0.15) is 5.82 Å². The van der Waals surface area contributed by atoms with E-state index in [0.717, 1.165) is 0 Å². The monoisotopic (exact) mass is 193 g/mol. The van der Waals surface area contributed by atoms with Crippen LogP contribution in [0.1, 0.15) is 5.56 Å². The predicted octanol–water partition coefficient (Wildman–Crippen LogP) is 1.78. The van der Waals surface area contributed by atoms with Crippen molar-refractivity contribution >= 4 is 11.6 Å². The average molecular weight is 194 g/mol. The molecule has 0 saturated carbocycles. The number of rotatable bonds is 1. The number of phenols is 1. The molecule has 66 valence electrons. The molecule has 0 fully saturated rings. The first kappa shape index (κ1) is 9.22. The molecule has 1 aromatic rings. The molecule has 0 aliphatic rings. The first-order valence-corrected chi connectivity index (χ1v) is 3.51. The highest BCUT2D eigenvalue weighted by Gasteiger charge is 2.15. The molecule has 12 heavy (non-hydrogen) atoms. The molecule has 0 aliphatic heterocycles. The number of nitrogens with two attached hydrogens (primary N) is 1. The van der Waals surface area contributed by atoms with Crippen LogP contribution < -0.4 is 5.73 Å². The molecule has 0 bridgehead atoms. The predicted molar refractivity (Wildman–Crippen MR) is 40.9 cm³/mol. The van der Waals surface area contributed by atoms with E-state index in [0.29, 0.717) is 6.07 Å². The summed E-state index contributed by atoms with van der Waals surface area (Å²) < 4.78 is 25.6. The molecular weight excluding hydrogens is 188 g/mol. The second-order valence-electron chi connectivity index (χ2n) is 2.19. The first-order valence-electron chi connectivity index (χ1n) is 3.13. The minimum atomic E-state index is -0.971. The Morgan fingerprint density at radius 2 is 2.08 bits per heavy atom. The highest BCUT2D eigenvalue weighted by Crippen LogP contribution is 2.29. The van der Waals surface area contributed by atoms with Crippen LogP contribution in [0.15, 0.2) is 6.07 Å². The molecule has 0 spiro atoms. The summed E-state index contributed by atoms with van der Waals surface area (Å²) in [4.78, 5) is 0.